The van der Waals surface area contributed by atoms with Crippen LogP contribution in [0.15, 0.2) is 35.6 Å². The number of rotatable bonds is 9. The number of guanidine groups is 1. The number of aryl methyl sites for hydroxylation is 1. The Morgan fingerprint density at radius 3 is 2.77 bits per heavy atom. The topological polar surface area (TPSA) is 79.6 Å². The molecule has 9 heteroatoms. The number of nitrogens with one attached hydrogen (secondary N) is 2. The molecule has 0 spiro atoms. The standard InChI is InChI=1S/C21H32ClN7O/c1-3-20-27-26-16-29(20)10-9-24-21(23-4-2)25-15-19(28-11-13-30-14-12-28)17-7-5-6-8-18(17)22/h5-8,16,19H,3-4,9-15H2,1-2H3,(H2,23,24,25). The van der Waals surface area contributed by atoms with Gasteiger partial charge < -0.3 is 19.9 Å². The van der Waals surface area contributed by atoms with E-state index in [4.69, 9.17) is 21.3 Å². The van der Waals surface area contributed by atoms with E-state index in [0.29, 0.717) is 6.54 Å². The minimum Gasteiger partial charge on any atom is -0.379 e. The lowest BCUT2D eigenvalue weighted by atomic mass is 10.0. The largest absolute Gasteiger partial charge is 0.379 e. The van der Waals surface area contributed by atoms with Crippen molar-refractivity contribution in [2.24, 2.45) is 4.99 Å². The molecule has 0 amide bonds. The van der Waals surface area contributed by atoms with E-state index in [9.17, 15) is 0 Å². The van der Waals surface area contributed by atoms with Crippen molar-refractivity contribution >= 4 is 17.6 Å². The summed E-state index contributed by atoms with van der Waals surface area (Å²) in [6, 6.07) is 8.15. The number of hydrogen-bond acceptors (Lipinski definition) is 5. The van der Waals surface area contributed by atoms with E-state index >= 15 is 0 Å². The third kappa shape index (κ3) is 6.17. The molecular weight excluding hydrogens is 402 g/mol. The molecule has 1 aliphatic rings. The molecule has 1 atom stereocenters. The van der Waals surface area contributed by atoms with Crippen LogP contribution in [0.2, 0.25) is 5.02 Å². The molecule has 1 saturated heterocycles. The molecule has 1 unspecified atom stereocenters. The monoisotopic (exact) mass is 433 g/mol. The summed E-state index contributed by atoms with van der Waals surface area (Å²) in [7, 11) is 0. The second kappa shape index (κ2) is 11.9. The molecule has 1 aromatic carbocycles. The van der Waals surface area contributed by atoms with E-state index in [-0.39, 0.29) is 6.04 Å². The molecule has 164 valence electrons. The molecule has 2 heterocycles. The molecule has 1 aromatic heterocycles. The lowest BCUT2D eigenvalue weighted by molar-refractivity contribution is 0.0180. The van der Waals surface area contributed by atoms with Crippen LogP contribution in [0.5, 0.6) is 0 Å². The number of ether oxygens (including phenoxy) is 1. The van der Waals surface area contributed by atoms with Gasteiger partial charge in [0.05, 0.1) is 25.8 Å². The molecule has 1 fully saturated rings. The number of hydrogen-bond donors (Lipinski definition) is 2. The van der Waals surface area contributed by atoms with E-state index in [1.807, 2.05) is 18.2 Å². The van der Waals surface area contributed by atoms with Crippen LogP contribution >= 0.6 is 11.6 Å². The fraction of sp³-hybridized carbons (Fsp3) is 0.571. The Bertz CT molecular complexity index is 804. The highest BCUT2D eigenvalue weighted by atomic mass is 35.5. The maximum atomic E-state index is 6.53. The van der Waals surface area contributed by atoms with Crippen LogP contribution in [0.4, 0.5) is 0 Å². The predicted octanol–water partition coefficient (Wildman–Crippen LogP) is 2.12. The Hall–Kier alpha value is -2.16. The molecule has 0 saturated carbocycles. The number of benzene rings is 1. The fourth-order valence-electron chi connectivity index (χ4n) is 3.60. The van der Waals surface area contributed by atoms with E-state index in [2.05, 4.69) is 50.2 Å². The summed E-state index contributed by atoms with van der Waals surface area (Å²) >= 11 is 6.53. The molecule has 8 nitrogen and oxygen atoms in total. The first-order valence-electron chi connectivity index (χ1n) is 10.7. The SMILES string of the molecule is CCNC(=NCC(c1ccccc1Cl)N1CCOCC1)NCCn1cnnc1CC. The van der Waals surface area contributed by atoms with Gasteiger partial charge >= 0.3 is 0 Å². The molecule has 3 rings (SSSR count). The minimum absolute atomic E-state index is 0.114. The van der Waals surface area contributed by atoms with Gasteiger partial charge in [0.1, 0.15) is 12.2 Å². The van der Waals surface area contributed by atoms with Crippen molar-refractivity contribution in [3.63, 3.8) is 0 Å². The Labute approximate surface area is 183 Å². The first kappa shape index (κ1) is 22.5. The maximum absolute atomic E-state index is 6.53. The molecule has 0 radical (unpaired) electrons. The average molecular weight is 434 g/mol. The van der Waals surface area contributed by atoms with Crippen LogP contribution in [0, 0.1) is 0 Å². The lowest BCUT2D eigenvalue weighted by Gasteiger charge is -2.34. The van der Waals surface area contributed by atoms with Gasteiger partial charge in [-0.05, 0) is 18.6 Å². The van der Waals surface area contributed by atoms with Gasteiger partial charge in [-0.25, -0.2) is 0 Å². The second-order valence-corrected chi connectivity index (χ2v) is 7.53. The number of nitrogens with zero attached hydrogens (tertiary/aromatic N) is 5. The first-order chi connectivity index (χ1) is 14.7. The van der Waals surface area contributed by atoms with E-state index < -0.39 is 0 Å². The van der Waals surface area contributed by atoms with Gasteiger partial charge in [-0.2, -0.15) is 0 Å². The number of morpholine rings is 1. The Morgan fingerprint density at radius 2 is 2.03 bits per heavy atom. The summed E-state index contributed by atoms with van der Waals surface area (Å²) < 4.78 is 7.61. The van der Waals surface area contributed by atoms with Gasteiger partial charge in [-0.1, -0.05) is 36.7 Å². The molecule has 0 aliphatic carbocycles. The van der Waals surface area contributed by atoms with Crippen molar-refractivity contribution in [1.29, 1.82) is 0 Å². The highest BCUT2D eigenvalue weighted by molar-refractivity contribution is 6.31. The van der Waals surface area contributed by atoms with Gasteiger partial charge in [-0.3, -0.25) is 9.89 Å². The molecule has 2 aromatic rings. The van der Waals surface area contributed by atoms with E-state index in [1.165, 1.54) is 0 Å². The summed E-state index contributed by atoms with van der Waals surface area (Å²) in [5.41, 5.74) is 1.11. The van der Waals surface area contributed by atoms with Crippen LogP contribution in [-0.4, -0.2) is 71.6 Å². The third-order valence-corrected chi connectivity index (χ3v) is 5.52. The molecule has 30 heavy (non-hydrogen) atoms. The highest BCUT2D eigenvalue weighted by Crippen LogP contribution is 2.28. The van der Waals surface area contributed by atoms with Crippen molar-refractivity contribution in [3.8, 4) is 0 Å². The number of halogens is 1. The molecular formula is C21H32ClN7O. The summed E-state index contributed by atoms with van der Waals surface area (Å²) in [5, 5.41) is 15.7. The van der Waals surface area contributed by atoms with Crippen LogP contribution in [-0.2, 0) is 17.7 Å². The zero-order valence-corrected chi connectivity index (χ0v) is 18.6. The highest BCUT2D eigenvalue weighted by Gasteiger charge is 2.24. The lowest BCUT2D eigenvalue weighted by Crippen LogP contribution is -2.42. The van der Waals surface area contributed by atoms with Gasteiger partial charge in [0, 0.05) is 44.2 Å². The van der Waals surface area contributed by atoms with Crippen molar-refractivity contribution in [3.05, 3.63) is 47.0 Å². The van der Waals surface area contributed by atoms with Gasteiger partial charge in [-0.15, -0.1) is 10.2 Å². The number of aromatic nitrogens is 3. The maximum Gasteiger partial charge on any atom is 0.191 e. The fourth-order valence-corrected chi connectivity index (χ4v) is 3.86. The average Bonchev–Trinajstić information content (AvgIpc) is 3.23. The smallest absolute Gasteiger partial charge is 0.191 e. The number of aliphatic imine (C=N–C) groups is 1. The van der Waals surface area contributed by atoms with Crippen molar-refractivity contribution in [2.45, 2.75) is 32.9 Å². The van der Waals surface area contributed by atoms with E-state index in [1.54, 1.807) is 6.33 Å². The molecule has 1 aliphatic heterocycles. The molecule has 2 N–H and O–H groups in total. The summed E-state index contributed by atoms with van der Waals surface area (Å²) in [6.45, 7) is 10.3. The van der Waals surface area contributed by atoms with Gasteiger partial charge in [0.2, 0.25) is 0 Å². The normalized spacial score (nSPS) is 16.4. The first-order valence-corrected chi connectivity index (χ1v) is 11.1. The zero-order valence-electron chi connectivity index (χ0n) is 17.9. The van der Waals surface area contributed by atoms with Crippen LogP contribution in [0.1, 0.15) is 31.3 Å². The summed E-state index contributed by atoms with van der Waals surface area (Å²) in [4.78, 5) is 7.29. The Balaban J connectivity index is 1.68. The second-order valence-electron chi connectivity index (χ2n) is 7.13. The quantitative estimate of drug-likeness (QED) is 0.466. The minimum atomic E-state index is 0.114. The summed E-state index contributed by atoms with van der Waals surface area (Å²) in [5.74, 6) is 1.79. The Kier molecular flexibility index (Phi) is 8.92. The van der Waals surface area contributed by atoms with Crippen molar-refractivity contribution in [1.82, 2.24) is 30.3 Å². The zero-order chi connectivity index (χ0) is 21.2. The molecule has 0 bridgehead atoms. The van der Waals surface area contributed by atoms with Gasteiger partial charge in [0.25, 0.3) is 0 Å². The van der Waals surface area contributed by atoms with Crippen LogP contribution < -0.4 is 10.6 Å². The van der Waals surface area contributed by atoms with Crippen LogP contribution in [0.3, 0.4) is 0 Å². The van der Waals surface area contributed by atoms with Gasteiger partial charge in [0.15, 0.2) is 5.96 Å². The summed E-state index contributed by atoms with van der Waals surface area (Å²) in [6.07, 6.45) is 2.64. The van der Waals surface area contributed by atoms with Crippen LogP contribution in [0.25, 0.3) is 0 Å². The Morgan fingerprint density at radius 1 is 1.23 bits per heavy atom. The van der Waals surface area contributed by atoms with Crippen molar-refractivity contribution < 1.29 is 4.74 Å². The third-order valence-electron chi connectivity index (χ3n) is 5.17. The van der Waals surface area contributed by atoms with Crippen molar-refractivity contribution in [2.75, 3.05) is 45.9 Å². The predicted molar refractivity (Wildman–Crippen MR) is 120 cm³/mol. The van der Waals surface area contributed by atoms with E-state index in [0.717, 1.165) is 74.7 Å².